The van der Waals surface area contributed by atoms with Crippen LogP contribution in [0.3, 0.4) is 0 Å². The molecule has 0 aliphatic carbocycles. The largest absolute Gasteiger partial charge is 0.335 e. The van der Waals surface area contributed by atoms with E-state index in [4.69, 9.17) is 0 Å². The fourth-order valence-corrected chi connectivity index (χ4v) is 3.03. The quantitative estimate of drug-likeness (QED) is 0.372. The summed E-state index contributed by atoms with van der Waals surface area (Å²) in [5, 5.41) is 13.2. The molecule has 29 heavy (non-hydrogen) atoms. The number of nitro groups is 1. The van der Waals surface area contributed by atoms with Crippen LogP contribution in [0.2, 0.25) is 0 Å². The van der Waals surface area contributed by atoms with Crippen LogP contribution in [-0.2, 0) is 9.59 Å². The highest BCUT2D eigenvalue weighted by Gasteiger charge is 2.36. The Kier molecular flexibility index (Phi) is 5.36. The molecular weight excluding hydrogens is 374 g/mol. The zero-order chi connectivity index (χ0) is 21.1. The maximum atomic E-state index is 12.8. The molecule has 1 fully saturated rings. The van der Waals surface area contributed by atoms with Crippen LogP contribution in [0.5, 0.6) is 0 Å². The first-order chi connectivity index (χ1) is 13.8. The zero-order valence-corrected chi connectivity index (χ0v) is 15.7. The van der Waals surface area contributed by atoms with E-state index in [2.05, 4.69) is 5.32 Å². The van der Waals surface area contributed by atoms with Gasteiger partial charge in [-0.1, -0.05) is 24.3 Å². The Morgan fingerprint density at radius 2 is 1.69 bits per heavy atom. The first kappa shape index (κ1) is 19.7. The van der Waals surface area contributed by atoms with Crippen molar-refractivity contribution >= 4 is 35.3 Å². The Morgan fingerprint density at radius 1 is 1.03 bits per heavy atom. The lowest BCUT2D eigenvalue weighted by Crippen LogP contribution is -2.54. The third-order valence-corrected chi connectivity index (χ3v) is 4.24. The van der Waals surface area contributed by atoms with Crippen molar-refractivity contribution in [3.63, 3.8) is 0 Å². The van der Waals surface area contributed by atoms with Crippen molar-refractivity contribution in [3.05, 3.63) is 87.0 Å². The predicted molar refractivity (Wildman–Crippen MR) is 107 cm³/mol. The number of hydrogen-bond donors (Lipinski definition) is 1. The van der Waals surface area contributed by atoms with Crippen molar-refractivity contribution in [2.45, 2.75) is 13.8 Å². The summed E-state index contributed by atoms with van der Waals surface area (Å²) in [5.41, 5.74) is 2.04. The summed E-state index contributed by atoms with van der Waals surface area (Å²) in [5.74, 6) is -1.59. The second kappa shape index (κ2) is 7.89. The molecule has 0 radical (unpaired) electrons. The van der Waals surface area contributed by atoms with Crippen molar-refractivity contribution < 1.29 is 19.3 Å². The molecule has 0 spiro atoms. The smallest absolute Gasteiger partial charge is 0.273 e. The average molecular weight is 391 g/mol. The molecule has 0 atom stereocenters. The van der Waals surface area contributed by atoms with Gasteiger partial charge in [-0.25, -0.2) is 9.69 Å². The van der Waals surface area contributed by atoms with Crippen molar-refractivity contribution in [3.8, 4) is 0 Å². The molecule has 1 N–H and O–H groups in total. The molecule has 0 aromatic heterocycles. The second-order valence-corrected chi connectivity index (χ2v) is 6.50. The number of aryl methyl sites for hydroxylation is 2. The summed E-state index contributed by atoms with van der Waals surface area (Å²) in [6.07, 6.45) is 4.02. The van der Waals surface area contributed by atoms with Crippen LogP contribution in [0.1, 0.15) is 16.7 Å². The van der Waals surface area contributed by atoms with Gasteiger partial charge < -0.3 is 0 Å². The van der Waals surface area contributed by atoms with Gasteiger partial charge in [-0.2, -0.15) is 0 Å². The summed E-state index contributed by atoms with van der Waals surface area (Å²) >= 11 is 0. The SMILES string of the molecule is Cc1cc(C)cc(N2C(=O)NC(=O)/C(=C\C=C\c3ccccc3[N+](=O)[O-])C2=O)c1. The molecule has 3 rings (SSSR count). The number of carbonyl (C=O) groups is 3. The molecule has 1 saturated heterocycles. The van der Waals surface area contributed by atoms with Gasteiger partial charge in [-0.05, 0) is 55.3 Å². The van der Waals surface area contributed by atoms with Crippen molar-refractivity contribution in [2.24, 2.45) is 0 Å². The summed E-state index contributed by atoms with van der Waals surface area (Å²) in [4.78, 5) is 48.7. The molecule has 146 valence electrons. The monoisotopic (exact) mass is 391 g/mol. The Hall–Kier alpha value is -4.07. The number of hydrogen-bond acceptors (Lipinski definition) is 5. The molecule has 2 aromatic carbocycles. The van der Waals surface area contributed by atoms with E-state index in [1.807, 2.05) is 19.9 Å². The number of urea groups is 1. The number of barbiturate groups is 1. The number of nitro benzene ring substituents is 1. The minimum absolute atomic E-state index is 0.103. The standard InChI is InChI=1S/C21H17N3O5/c1-13-10-14(2)12-16(11-13)23-20(26)17(19(25)22-21(23)27)8-5-7-15-6-3-4-9-18(15)24(28)29/h3-12H,1-2H3,(H,22,25,27)/b7-5+,17-8+. The molecule has 1 aliphatic heterocycles. The molecule has 0 bridgehead atoms. The molecule has 0 unspecified atom stereocenters. The van der Waals surface area contributed by atoms with Gasteiger partial charge >= 0.3 is 6.03 Å². The van der Waals surface area contributed by atoms with Gasteiger partial charge in [0.05, 0.1) is 16.2 Å². The number of anilines is 1. The highest BCUT2D eigenvalue weighted by Crippen LogP contribution is 2.24. The van der Waals surface area contributed by atoms with Gasteiger partial charge in [0.1, 0.15) is 5.57 Å². The van der Waals surface area contributed by atoms with Crippen molar-refractivity contribution in [1.29, 1.82) is 0 Å². The molecule has 1 heterocycles. The first-order valence-corrected chi connectivity index (χ1v) is 8.68. The maximum Gasteiger partial charge on any atom is 0.335 e. The number of imide groups is 2. The van der Waals surface area contributed by atoms with Crippen LogP contribution in [0.4, 0.5) is 16.2 Å². The lowest BCUT2D eigenvalue weighted by Gasteiger charge is -2.26. The highest BCUT2D eigenvalue weighted by molar-refractivity contribution is 6.37. The molecule has 0 saturated carbocycles. The number of rotatable bonds is 4. The second-order valence-electron chi connectivity index (χ2n) is 6.50. The summed E-state index contributed by atoms with van der Waals surface area (Å²) in [7, 11) is 0. The fraction of sp³-hybridized carbons (Fsp3) is 0.0952. The van der Waals surface area contributed by atoms with E-state index >= 15 is 0 Å². The number of nitrogens with one attached hydrogen (secondary N) is 1. The van der Waals surface area contributed by atoms with E-state index in [1.54, 1.807) is 30.3 Å². The lowest BCUT2D eigenvalue weighted by molar-refractivity contribution is -0.385. The number of benzene rings is 2. The van der Waals surface area contributed by atoms with Gasteiger partial charge in [-0.3, -0.25) is 25.0 Å². The topological polar surface area (TPSA) is 110 Å². The number of carbonyl (C=O) groups excluding carboxylic acids is 3. The highest BCUT2D eigenvalue weighted by atomic mass is 16.6. The molecule has 8 nitrogen and oxygen atoms in total. The lowest BCUT2D eigenvalue weighted by atomic mass is 10.1. The third-order valence-electron chi connectivity index (χ3n) is 4.24. The van der Waals surface area contributed by atoms with Gasteiger partial charge in [-0.15, -0.1) is 0 Å². The van der Waals surface area contributed by atoms with E-state index in [-0.39, 0.29) is 11.3 Å². The minimum Gasteiger partial charge on any atom is -0.273 e. The summed E-state index contributed by atoms with van der Waals surface area (Å²) in [6.45, 7) is 3.67. The van der Waals surface area contributed by atoms with Crippen molar-refractivity contribution in [2.75, 3.05) is 4.90 Å². The Bertz CT molecular complexity index is 1080. The van der Waals surface area contributed by atoms with Crippen LogP contribution in [-0.4, -0.2) is 22.8 Å². The number of amides is 4. The van der Waals surface area contributed by atoms with E-state index in [0.717, 1.165) is 16.0 Å². The van der Waals surface area contributed by atoms with Crippen LogP contribution in [0, 0.1) is 24.0 Å². The number of para-hydroxylation sites is 1. The van der Waals surface area contributed by atoms with E-state index in [1.165, 1.54) is 24.3 Å². The number of allylic oxidation sites excluding steroid dienone is 2. The summed E-state index contributed by atoms with van der Waals surface area (Å²) < 4.78 is 0. The molecule has 2 aromatic rings. The van der Waals surface area contributed by atoms with E-state index in [9.17, 15) is 24.5 Å². The van der Waals surface area contributed by atoms with Crippen LogP contribution in [0.15, 0.2) is 60.2 Å². The molecule has 8 heteroatoms. The van der Waals surface area contributed by atoms with Gasteiger partial charge in [0.25, 0.3) is 17.5 Å². The molecule has 4 amide bonds. The summed E-state index contributed by atoms with van der Waals surface area (Å²) in [6, 6.07) is 10.5. The Balaban J connectivity index is 1.95. The van der Waals surface area contributed by atoms with Crippen LogP contribution in [0.25, 0.3) is 6.08 Å². The molecule has 1 aliphatic rings. The first-order valence-electron chi connectivity index (χ1n) is 8.68. The minimum atomic E-state index is -0.829. The fourth-order valence-electron chi connectivity index (χ4n) is 3.03. The Morgan fingerprint density at radius 3 is 2.34 bits per heavy atom. The maximum absolute atomic E-state index is 12.8. The predicted octanol–water partition coefficient (Wildman–Crippen LogP) is 3.43. The third kappa shape index (κ3) is 4.11. The molecular formula is C21H17N3O5. The zero-order valence-electron chi connectivity index (χ0n) is 15.7. The van der Waals surface area contributed by atoms with Crippen molar-refractivity contribution in [1.82, 2.24) is 5.32 Å². The van der Waals surface area contributed by atoms with Crippen LogP contribution >= 0.6 is 0 Å². The number of nitrogens with zero attached hydrogens (tertiary/aromatic N) is 2. The van der Waals surface area contributed by atoms with Gasteiger partial charge in [0, 0.05) is 6.07 Å². The average Bonchev–Trinajstić information content (AvgIpc) is 2.63. The van der Waals surface area contributed by atoms with Gasteiger partial charge in [0.15, 0.2) is 0 Å². The normalized spacial score (nSPS) is 15.9. The van der Waals surface area contributed by atoms with Gasteiger partial charge in [0.2, 0.25) is 0 Å². The van der Waals surface area contributed by atoms with E-state index < -0.39 is 22.8 Å². The van der Waals surface area contributed by atoms with Crippen LogP contribution < -0.4 is 10.2 Å². The van der Waals surface area contributed by atoms with E-state index in [0.29, 0.717) is 11.3 Å². The Labute approximate surface area is 166 Å².